The Morgan fingerprint density at radius 3 is 2.18 bits per heavy atom. The Labute approximate surface area is 98.1 Å². The SMILES string of the molecule is C=CC(=O)C=C.CC(=O)C1CC(C(F)F)=NN1. The van der Waals surface area contributed by atoms with Crippen LogP contribution in [0, 0.1) is 0 Å². The maximum Gasteiger partial charge on any atom is 0.278 e. The topological polar surface area (TPSA) is 58.5 Å². The van der Waals surface area contributed by atoms with Gasteiger partial charge >= 0.3 is 0 Å². The summed E-state index contributed by atoms with van der Waals surface area (Å²) in [7, 11) is 0. The second kappa shape index (κ2) is 7.43. The summed E-state index contributed by atoms with van der Waals surface area (Å²) in [5, 5.41) is 3.33. The number of hydrogen-bond donors (Lipinski definition) is 1. The van der Waals surface area contributed by atoms with Gasteiger partial charge in [0, 0.05) is 6.42 Å². The van der Waals surface area contributed by atoms with Crippen LogP contribution < -0.4 is 5.43 Å². The van der Waals surface area contributed by atoms with Gasteiger partial charge in [0.25, 0.3) is 6.43 Å². The van der Waals surface area contributed by atoms with E-state index in [1.165, 1.54) is 19.1 Å². The first-order valence-electron chi connectivity index (χ1n) is 4.81. The summed E-state index contributed by atoms with van der Waals surface area (Å²) in [6, 6.07) is -0.543. The minimum Gasteiger partial charge on any atom is -0.299 e. The molecule has 1 heterocycles. The first-order chi connectivity index (χ1) is 7.92. The predicted molar refractivity (Wildman–Crippen MR) is 61.1 cm³/mol. The predicted octanol–water partition coefficient (Wildman–Crippen LogP) is 1.49. The number of nitrogens with zero attached hydrogens (tertiary/aromatic N) is 1. The molecule has 4 nitrogen and oxygen atoms in total. The largest absolute Gasteiger partial charge is 0.299 e. The van der Waals surface area contributed by atoms with Crippen molar-refractivity contribution in [3.05, 3.63) is 25.3 Å². The lowest BCUT2D eigenvalue weighted by Crippen LogP contribution is -2.27. The monoisotopic (exact) mass is 244 g/mol. The van der Waals surface area contributed by atoms with Gasteiger partial charge in [-0.3, -0.25) is 15.0 Å². The van der Waals surface area contributed by atoms with Crippen LogP contribution in [0.25, 0.3) is 0 Å². The van der Waals surface area contributed by atoms with E-state index in [-0.39, 0.29) is 23.7 Å². The molecule has 0 radical (unpaired) electrons. The van der Waals surface area contributed by atoms with Crippen LogP contribution >= 0.6 is 0 Å². The second-order valence-electron chi connectivity index (χ2n) is 3.21. The Morgan fingerprint density at radius 2 is 2.00 bits per heavy atom. The first-order valence-corrected chi connectivity index (χ1v) is 4.81. The lowest BCUT2D eigenvalue weighted by molar-refractivity contribution is -0.118. The maximum atomic E-state index is 11.9. The molecule has 1 aliphatic rings. The molecule has 0 aliphatic carbocycles. The number of carbonyl (C=O) groups is 2. The molecule has 0 aromatic carbocycles. The van der Waals surface area contributed by atoms with Crippen LogP contribution in [0.1, 0.15) is 13.3 Å². The lowest BCUT2D eigenvalue weighted by Gasteiger charge is -2.02. The van der Waals surface area contributed by atoms with Crippen molar-refractivity contribution >= 4 is 17.3 Å². The van der Waals surface area contributed by atoms with E-state index >= 15 is 0 Å². The fourth-order valence-electron chi connectivity index (χ4n) is 0.917. The van der Waals surface area contributed by atoms with E-state index in [1.807, 2.05) is 0 Å². The fourth-order valence-corrected chi connectivity index (χ4v) is 0.917. The normalized spacial score (nSPS) is 17.4. The number of nitrogens with one attached hydrogen (secondary N) is 1. The molecular weight excluding hydrogens is 230 g/mol. The van der Waals surface area contributed by atoms with E-state index in [0.717, 1.165) is 0 Å². The molecule has 94 valence electrons. The molecule has 1 aliphatic heterocycles. The van der Waals surface area contributed by atoms with Gasteiger partial charge in [0.15, 0.2) is 11.6 Å². The zero-order chi connectivity index (χ0) is 13.4. The third-order valence-corrected chi connectivity index (χ3v) is 1.92. The van der Waals surface area contributed by atoms with Crippen LogP contribution in [0.2, 0.25) is 0 Å². The zero-order valence-corrected chi connectivity index (χ0v) is 9.45. The number of hydrazone groups is 1. The summed E-state index contributed by atoms with van der Waals surface area (Å²) in [5.74, 6) is -0.292. The Hall–Kier alpha value is -1.85. The van der Waals surface area contributed by atoms with E-state index in [1.54, 1.807) is 0 Å². The van der Waals surface area contributed by atoms with Gasteiger partial charge in [-0.15, -0.1) is 0 Å². The second-order valence-corrected chi connectivity index (χ2v) is 3.21. The zero-order valence-electron chi connectivity index (χ0n) is 9.45. The van der Waals surface area contributed by atoms with Gasteiger partial charge in [-0.25, -0.2) is 8.78 Å². The molecule has 0 aromatic heterocycles. The number of hydrogen-bond acceptors (Lipinski definition) is 4. The quantitative estimate of drug-likeness (QED) is 0.762. The summed E-state index contributed by atoms with van der Waals surface area (Å²) in [4.78, 5) is 20.6. The minimum absolute atomic E-state index is 0.0347. The molecule has 0 spiro atoms. The minimum atomic E-state index is -2.55. The molecule has 1 N–H and O–H groups in total. The Balaban J connectivity index is 0.000000366. The number of Topliss-reactive ketones (excluding diaryl/α,β-unsaturated/α-hetero) is 1. The van der Waals surface area contributed by atoms with Gasteiger partial charge in [0.05, 0.1) is 0 Å². The number of allylic oxidation sites excluding steroid dienone is 2. The summed E-state index contributed by atoms with van der Waals surface area (Å²) in [6.07, 6.45) is -0.0839. The van der Waals surface area contributed by atoms with E-state index in [0.29, 0.717) is 0 Å². The number of ketones is 2. The standard InChI is InChI=1S/C6H8F2N2O.C5H6O/c1-3(11)4-2-5(6(7)8)10-9-4;1-3-5(6)4-2/h4,6,9H,2H2,1H3;3-4H,1-2H2. The molecule has 1 rings (SSSR count). The van der Waals surface area contributed by atoms with Crippen molar-refractivity contribution in [2.75, 3.05) is 0 Å². The van der Waals surface area contributed by atoms with E-state index < -0.39 is 12.5 Å². The Bertz CT molecular complexity index is 341. The lowest BCUT2D eigenvalue weighted by atomic mass is 10.1. The van der Waals surface area contributed by atoms with Crippen LogP contribution in [-0.2, 0) is 9.59 Å². The smallest absolute Gasteiger partial charge is 0.278 e. The molecule has 1 atom stereocenters. The van der Waals surface area contributed by atoms with Crippen LogP contribution in [0.3, 0.4) is 0 Å². The molecule has 0 amide bonds. The van der Waals surface area contributed by atoms with Crippen molar-refractivity contribution in [1.82, 2.24) is 5.43 Å². The number of alkyl halides is 2. The van der Waals surface area contributed by atoms with Crippen molar-refractivity contribution in [2.45, 2.75) is 25.8 Å². The third-order valence-electron chi connectivity index (χ3n) is 1.92. The average molecular weight is 244 g/mol. The first kappa shape index (κ1) is 15.2. The van der Waals surface area contributed by atoms with Crippen LogP contribution in [0.15, 0.2) is 30.4 Å². The number of halogens is 2. The molecule has 0 bridgehead atoms. The molecule has 0 saturated heterocycles. The van der Waals surface area contributed by atoms with Gasteiger partial charge in [-0.05, 0) is 19.1 Å². The van der Waals surface area contributed by atoms with Crippen molar-refractivity contribution in [1.29, 1.82) is 0 Å². The highest BCUT2D eigenvalue weighted by Gasteiger charge is 2.26. The van der Waals surface area contributed by atoms with Gasteiger partial charge in [-0.2, -0.15) is 5.10 Å². The van der Waals surface area contributed by atoms with Crippen molar-refractivity contribution in [3.8, 4) is 0 Å². The number of rotatable bonds is 4. The highest BCUT2D eigenvalue weighted by Crippen LogP contribution is 2.10. The average Bonchev–Trinajstić information content (AvgIpc) is 2.78. The summed E-state index contributed by atoms with van der Waals surface area (Å²) in [5.41, 5.74) is 2.11. The summed E-state index contributed by atoms with van der Waals surface area (Å²) < 4.78 is 23.8. The van der Waals surface area contributed by atoms with Crippen LogP contribution in [0.4, 0.5) is 8.78 Å². The van der Waals surface area contributed by atoms with E-state index in [4.69, 9.17) is 0 Å². The molecule has 0 aromatic rings. The maximum absolute atomic E-state index is 11.9. The van der Waals surface area contributed by atoms with E-state index in [2.05, 4.69) is 23.7 Å². The molecule has 17 heavy (non-hydrogen) atoms. The van der Waals surface area contributed by atoms with Crippen LogP contribution in [0.5, 0.6) is 0 Å². The molecule has 0 saturated carbocycles. The van der Waals surface area contributed by atoms with Crippen molar-refractivity contribution in [2.24, 2.45) is 5.10 Å². The third kappa shape index (κ3) is 5.70. The number of carbonyl (C=O) groups excluding carboxylic acids is 2. The molecule has 6 heteroatoms. The molecule has 1 unspecified atom stereocenters. The molecular formula is C11H14F2N2O2. The van der Waals surface area contributed by atoms with Gasteiger partial charge in [0.2, 0.25) is 0 Å². The van der Waals surface area contributed by atoms with Crippen LogP contribution in [-0.4, -0.2) is 29.7 Å². The van der Waals surface area contributed by atoms with E-state index in [9.17, 15) is 18.4 Å². The summed E-state index contributed by atoms with van der Waals surface area (Å²) >= 11 is 0. The fraction of sp³-hybridized carbons (Fsp3) is 0.364. The van der Waals surface area contributed by atoms with Gasteiger partial charge in [-0.1, -0.05) is 13.2 Å². The highest BCUT2D eigenvalue weighted by atomic mass is 19.3. The van der Waals surface area contributed by atoms with Crippen molar-refractivity contribution < 1.29 is 18.4 Å². The van der Waals surface area contributed by atoms with Crippen molar-refractivity contribution in [3.63, 3.8) is 0 Å². The molecule has 0 fully saturated rings. The van der Waals surface area contributed by atoms with Gasteiger partial charge < -0.3 is 0 Å². The Kier molecular flexibility index (Phi) is 6.62. The summed E-state index contributed by atoms with van der Waals surface area (Å²) in [6.45, 7) is 7.77. The Morgan fingerprint density at radius 1 is 1.47 bits per heavy atom. The van der Waals surface area contributed by atoms with Gasteiger partial charge in [0.1, 0.15) is 11.8 Å². The highest BCUT2D eigenvalue weighted by molar-refractivity contribution is 5.98.